The molecular formula is C25H33ClN4O2. The Labute approximate surface area is 195 Å². The summed E-state index contributed by atoms with van der Waals surface area (Å²) in [6.45, 7) is 6.13. The fourth-order valence-corrected chi connectivity index (χ4v) is 5.12. The maximum absolute atomic E-state index is 12.9. The Morgan fingerprint density at radius 2 is 2.06 bits per heavy atom. The summed E-state index contributed by atoms with van der Waals surface area (Å²) in [4.78, 5) is 19.6. The third-order valence-corrected chi connectivity index (χ3v) is 7.29. The highest BCUT2D eigenvalue weighted by molar-refractivity contribution is 6.33. The van der Waals surface area contributed by atoms with E-state index in [-0.39, 0.29) is 17.8 Å². The molecule has 0 radical (unpaired) electrons. The number of rotatable bonds is 5. The summed E-state index contributed by atoms with van der Waals surface area (Å²) < 4.78 is 0. The van der Waals surface area contributed by atoms with Crippen molar-refractivity contribution in [1.82, 2.24) is 15.2 Å². The molecular weight excluding hydrogens is 424 g/mol. The van der Waals surface area contributed by atoms with Gasteiger partial charge in [0.25, 0.3) is 5.91 Å². The molecule has 1 saturated carbocycles. The van der Waals surface area contributed by atoms with Gasteiger partial charge in [0.2, 0.25) is 0 Å². The molecule has 172 valence electrons. The van der Waals surface area contributed by atoms with Crippen LogP contribution in [0.5, 0.6) is 0 Å². The number of pyridine rings is 1. The first kappa shape index (κ1) is 23.0. The number of nitrogens with one attached hydrogen (secondary N) is 1. The van der Waals surface area contributed by atoms with Gasteiger partial charge in [0.15, 0.2) is 0 Å². The molecule has 2 aromatic rings. The molecule has 1 amide bonds. The van der Waals surface area contributed by atoms with Crippen molar-refractivity contribution in [2.75, 3.05) is 12.3 Å². The van der Waals surface area contributed by atoms with Crippen molar-refractivity contribution in [2.24, 2.45) is 0 Å². The smallest absolute Gasteiger partial charge is 0.255 e. The molecule has 0 spiro atoms. The summed E-state index contributed by atoms with van der Waals surface area (Å²) >= 11 is 6.64. The van der Waals surface area contributed by atoms with E-state index in [4.69, 9.17) is 17.3 Å². The number of aromatic nitrogens is 1. The van der Waals surface area contributed by atoms with Crippen molar-refractivity contribution in [3.63, 3.8) is 0 Å². The van der Waals surface area contributed by atoms with Crippen LogP contribution in [-0.2, 0) is 6.54 Å². The van der Waals surface area contributed by atoms with Gasteiger partial charge in [-0.3, -0.25) is 9.69 Å². The average Bonchev–Trinajstić information content (AvgIpc) is 3.14. The van der Waals surface area contributed by atoms with E-state index in [2.05, 4.69) is 28.2 Å². The lowest BCUT2D eigenvalue weighted by atomic mass is 9.83. The second kappa shape index (κ2) is 9.38. The van der Waals surface area contributed by atoms with Gasteiger partial charge < -0.3 is 16.2 Å². The van der Waals surface area contributed by atoms with Gasteiger partial charge in [-0.25, -0.2) is 4.98 Å². The van der Waals surface area contributed by atoms with Crippen LogP contribution in [0.3, 0.4) is 0 Å². The molecule has 1 aliphatic carbocycles. The van der Waals surface area contributed by atoms with Gasteiger partial charge in [-0.1, -0.05) is 23.7 Å². The van der Waals surface area contributed by atoms with E-state index in [0.29, 0.717) is 29.5 Å². The van der Waals surface area contributed by atoms with Gasteiger partial charge >= 0.3 is 0 Å². The lowest BCUT2D eigenvalue weighted by Crippen LogP contribution is -2.42. The lowest BCUT2D eigenvalue weighted by molar-refractivity contribution is 0.0140. The normalized spacial score (nSPS) is 26.2. The first-order chi connectivity index (χ1) is 15.2. The molecule has 1 aromatic carbocycles. The molecule has 2 aliphatic rings. The van der Waals surface area contributed by atoms with E-state index in [9.17, 15) is 9.90 Å². The van der Waals surface area contributed by atoms with Gasteiger partial charge in [0.05, 0.1) is 11.2 Å². The number of likely N-dealkylation sites (tertiary alicyclic amines) is 1. The van der Waals surface area contributed by atoms with Gasteiger partial charge in [-0.05, 0) is 76.6 Å². The standard InChI is InChI=1S/C25H33ClN4O2/c1-16-4-3-11-30(16)15-17-5-6-20(22(26)12-17)18-13-21(23(27)28-14-18)24(31)29-19-7-9-25(2,32)10-8-19/h5-6,12-14,16,19,32H,3-4,7-11,15H2,1-2H3,(H2,27,28)(H,29,31)/t16-,19-,25-/m1/s1. The number of carbonyl (C=O) groups excluding carboxylic acids is 1. The van der Waals surface area contributed by atoms with Gasteiger partial charge in [-0.2, -0.15) is 0 Å². The van der Waals surface area contributed by atoms with Crippen LogP contribution in [0.2, 0.25) is 5.02 Å². The maximum Gasteiger partial charge on any atom is 0.255 e. The molecule has 32 heavy (non-hydrogen) atoms. The largest absolute Gasteiger partial charge is 0.390 e. The van der Waals surface area contributed by atoms with Crippen LogP contribution in [0.15, 0.2) is 30.5 Å². The summed E-state index contributed by atoms with van der Waals surface area (Å²) in [5.41, 5.74) is 8.53. The van der Waals surface area contributed by atoms with Crippen LogP contribution < -0.4 is 11.1 Å². The molecule has 1 aliphatic heterocycles. The van der Waals surface area contributed by atoms with Gasteiger partial charge in [0.1, 0.15) is 5.82 Å². The Hall–Kier alpha value is -2.15. The van der Waals surface area contributed by atoms with E-state index in [0.717, 1.165) is 37.1 Å². The SMILES string of the molecule is C[C@@H]1CCCN1Cc1ccc(-c2cnc(N)c(C(=O)N[C@H]3CC[C@](C)(O)CC3)c2)c(Cl)c1. The molecule has 7 heteroatoms. The van der Waals surface area contributed by atoms with E-state index in [1.165, 1.54) is 18.4 Å². The third-order valence-electron chi connectivity index (χ3n) is 6.98. The Morgan fingerprint density at radius 1 is 1.31 bits per heavy atom. The zero-order valence-electron chi connectivity index (χ0n) is 18.9. The van der Waals surface area contributed by atoms with Crippen molar-refractivity contribution in [3.8, 4) is 11.1 Å². The second-order valence-electron chi connectivity index (χ2n) is 9.68. The molecule has 4 N–H and O–H groups in total. The minimum atomic E-state index is -0.641. The topological polar surface area (TPSA) is 91.5 Å². The minimum Gasteiger partial charge on any atom is -0.390 e. The molecule has 0 bridgehead atoms. The van der Waals surface area contributed by atoms with Crippen molar-refractivity contribution in [3.05, 3.63) is 46.6 Å². The number of aliphatic hydroxyl groups is 1. The number of hydrogen-bond donors (Lipinski definition) is 3. The van der Waals surface area contributed by atoms with Crippen molar-refractivity contribution >= 4 is 23.3 Å². The molecule has 1 aromatic heterocycles. The Morgan fingerprint density at radius 3 is 2.72 bits per heavy atom. The number of nitrogens with two attached hydrogens (primary N) is 1. The van der Waals surface area contributed by atoms with Crippen molar-refractivity contribution in [2.45, 2.75) is 76.6 Å². The van der Waals surface area contributed by atoms with Crippen LogP contribution in [0.4, 0.5) is 5.82 Å². The number of nitrogen functional groups attached to an aromatic ring is 1. The highest BCUT2D eigenvalue weighted by atomic mass is 35.5. The fourth-order valence-electron chi connectivity index (χ4n) is 4.80. The number of benzene rings is 1. The van der Waals surface area contributed by atoms with Crippen molar-refractivity contribution < 1.29 is 9.90 Å². The molecule has 4 rings (SSSR count). The highest BCUT2D eigenvalue weighted by Gasteiger charge is 2.30. The number of amides is 1. The summed E-state index contributed by atoms with van der Waals surface area (Å²) in [5.74, 6) is -0.0380. The third kappa shape index (κ3) is 5.25. The molecule has 1 atom stereocenters. The number of halogens is 1. The zero-order valence-corrected chi connectivity index (χ0v) is 19.7. The number of carbonyl (C=O) groups is 1. The highest BCUT2D eigenvalue weighted by Crippen LogP contribution is 2.32. The Bertz CT molecular complexity index is 984. The van der Waals surface area contributed by atoms with E-state index < -0.39 is 5.60 Å². The predicted octanol–water partition coefficient (Wildman–Crippen LogP) is 4.39. The van der Waals surface area contributed by atoms with Crippen LogP contribution in [-0.4, -0.2) is 45.1 Å². The average molecular weight is 457 g/mol. The lowest BCUT2D eigenvalue weighted by Gasteiger charge is -2.33. The van der Waals surface area contributed by atoms with E-state index in [1.807, 2.05) is 19.1 Å². The summed E-state index contributed by atoms with van der Waals surface area (Å²) in [6, 6.07) is 8.49. The van der Waals surface area contributed by atoms with Crippen LogP contribution in [0, 0.1) is 0 Å². The summed E-state index contributed by atoms with van der Waals surface area (Å²) in [7, 11) is 0. The second-order valence-corrected chi connectivity index (χ2v) is 10.1. The van der Waals surface area contributed by atoms with Crippen LogP contribution in [0.25, 0.3) is 11.1 Å². The van der Waals surface area contributed by atoms with Crippen LogP contribution >= 0.6 is 11.6 Å². The predicted molar refractivity (Wildman–Crippen MR) is 129 cm³/mol. The quantitative estimate of drug-likeness (QED) is 0.620. The minimum absolute atomic E-state index is 0.0293. The van der Waals surface area contributed by atoms with E-state index in [1.54, 1.807) is 12.3 Å². The number of anilines is 1. The zero-order chi connectivity index (χ0) is 22.9. The van der Waals surface area contributed by atoms with Gasteiger partial charge in [0, 0.05) is 41.0 Å². The Kier molecular flexibility index (Phi) is 6.75. The first-order valence-electron chi connectivity index (χ1n) is 11.5. The Balaban J connectivity index is 1.49. The maximum atomic E-state index is 12.9. The number of hydrogen-bond acceptors (Lipinski definition) is 5. The number of nitrogens with zero attached hydrogens (tertiary/aromatic N) is 2. The van der Waals surface area contributed by atoms with E-state index >= 15 is 0 Å². The molecule has 1 saturated heterocycles. The van der Waals surface area contributed by atoms with Gasteiger partial charge in [-0.15, -0.1) is 0 Å². The fraction of sp³-hybridized carbons (Fsp3) is 0.520. The van der Waals surface area contributed by atoms with Crippen molar-refractivity contribution in [1.29, 1.82) is 0 Å². The summed E-state index contributed by atoms with van der Waals surface area (Å²) in [6.07, 6.45) is 6.98. The molecule has 0 unspecified atom stereocenters. The first-order valence-corrected chi connectivity index (χ1v) is 11.9. The monoisotopic (exact) mass is 456 g/mol. The molecule has 6 nitrogen and oxygen atoms in total. The molecule has 2 heterocycles. The van der Waals surface area contributed by atoms with Crippen LogP contribution in [0.1, 0.15) is 68.3 Å². The summed E-state index contributed by atoms with van der Waals surface area (Å²) in [5, 5.41) is 13.8. The molecule has 2 fully saturated rings.